The first-order valence-corrected chi connectivity index (χ1v) is 6.06. The second-order valence-corrected chi connectivity index (χ2v) is 4.48. The Bertz CT molecular complexity index is 507. The minimum Gasteiger partial charge on any atom is -0.385 e. The molecule has 1 heterocycles. The van der Waals surface area contributed by atoms with Crippen molar-refractivity contribution in [3.05, 3.63) is 41.7 Å². The summed E-state index contributed by atoms with van der Waals surface area (Å²) in [6.45, 7) is 4.80. The molecule has 0 amide bonds. The van der Waals surface area contributed by atoms with Gasteiger partial charge in [-0.25, -0.2) is 9.37 Å². The molecule has 1 aromatic carbocycles. The van der Waals surface area contributed by atoms with E-state index in [1.54, 1.807) is 6.07 Å². The van der Waals surface area contributed by atoms with Crippen LogP contribution in [0.4, 0.5) is 10.1 Å². The van der Waals surface area contributed by atoms with Crippen LogP contribution in [0.1, 0.15) is 31.4 Å². The standard InChI is InChI=1S/C13H17FN4/c1-9(2)13-16-12(17-18-13)6-7-15-11-5-3-4-10(14)8-11/h3-5,8-9,15H,6-7H2,1-2H3,(H,16,17,18). The van der Waals surface area contributed by atoms with E-state index in [2.05, 4.69) is 34.3 Å². The fourth-order valence-corrected chi connectivity index (χ4v) is 1.60. The number of hydrogen-bond donors (Lipinski definition) is 2. The first-order valence-electron chi connectivity index (χ1n) is 6.06. The largest absolute Gasteiger partial charge is 0.385 e. The minimum atomic E-state index is -0.234. The zero-order valence-corrected chi connectivity index (χ0v) is 10.6. The molecule has 18 heavy (non-hydrogen) atoms. The summed E-state index contributed by atoms with van der Waals surface area (Å²) < 4.78 is 12.9. The quantitative estimate of drug-likeness (QED) is 0.855. The second kappa shape index (κ2) is 5.62. The van der Waals surface area contributed by atoms with Gasteiger partial charge < -0.3 is 5.32 Å². The van der Waals surface area contributed by atoms with Crippen LogP contribution in [0.25, 0.3) is 0 Å². The molecule has 0 radical (unpaired) electrons. The molecule has 2 N–H and O–H groups in total. The Balaban J connectivity index is 1.84. The van der Waals surface area contributed by atoms with Gasteiger partial charge in [0.15, 0.2) is 5.82 Å². The van der Waals surface area contributed by atoms with Gasteiger partial charge >= 0.3 is 0 Å². The Kier molecular flexibility index (Phi) is 3.92. The molecular weight excluding hydrogens is 231 g/mol. The van der Waals surface area contributed by atoms with Gasteiger partial charge in [-0.2, -0.15) is 5.10 Å². The van der Waals surface area contributed by atoms with Crippen molar-refractivity contribution >= 4 is 5.69 Å². The van der Waals surface area contributed by atoms with Gasteiger partial charge in [-0.15, -0.1) is 0 Å². The molecule has 0 aliphatic carbocycles. The average molecular weight is 248 g/mol. The number of halogens is 1. The highest BCUT2D eigenvalue weighted by Gasteiger charge is 2.06. The van der Waals surface area contributed by atoms with E-state index in [4.69, 9.17) is 0 Å². The molecule has 0 saturated carbocycles. The lowest BCUT2D eigenvalue weighted by Crippen LogP contribution is -2.06. The van der Waals surface area contributed by atoms with Crippen LogP contribution in [0, 0.1) is 5.82 Å². The van der Waals surface area contributed by atoms with E-state index < -0.39 is 0 Å². The first kappa shape index (κ1) is 12.5. The zero-order valence-electron chi connectivity index (χ0n) is 10.6. The highest BCUT2D eigenvalue weighted by atomic mass is 19.1. The van der Waals surface area contributed by atoms with Crippen molar-refractivity contribution in [1.29, 1.82) is 0 Å². The number of aromatic nitrogens is 3. The number of anilines is 1. The van der Waals surface area contributed by atoms with E-state index in [9.17, 15) is 4.39 Å². The number of aromatic amines is 1. The number of nitrogens with one attached hydrogen (secondary N) is 2. The van der Waals surface area contributed by atoms with Crippen molar-refractivity contribution in [3.8, 4) is 0 Å². The van der Waals surface area contributed by atoms with Crippen molar-refractivity contribution in [1.82, 2.24) is 15.2 Å². The third-order valence-electron chi connectivity index (χ3n) is 2.58. The van der Waals surface area contributed by atoms with Crippen LogP contribution in [-0.4, -0.2) is 21.7 Å². The summed E-state index contributed by atoms with van der Waals surface area (Å²) in [5.41, 5.74) is 0.776. The number of nitrogens with zero attached hydrogens (tertiary/aromatic N) is 2. The number of hydrogen-bond acceptors (Lipinski definition) is 3. The van der Waals surface area contributed by atoms with E-state index in [1.807, 2.05) is 6.07 Å². The Labute approximate surface area is 106 Å². The number of rotatable bonds is 5. The summed E-state index contributed by atoms with van der Waals surface area (Å²) in [5, 5.41) is 10.2. The molecule has 0 unspecified atom stereocenters. The molecule has 0 spiro atoms. The van der Waals surface area contributed by atoms with Crippen LogP contribution in [-0.2, 0) is 6.42 Å². The molecule has 0 saturated heterocycles. The molecule has 0 bridgehead atoms. The molecule has 0 aliphatic heterocycles. The first-order chi connectivity index (χ1) is 8.65. The summed E-state index contributed by atoms with van der Waals surface area (Å²) in [5.74, 6) is 1.77. The van der Waals surface area contributed by atoms with E-state index >= 15 is 0 Å². The normalized spacial score (nSPS) is 10.9. The molecular formula is C13H17FN4. The number of benzene rings is 1. The SMILES string of the molecule is CC(C)c1n[nH]c(CCNc2cccc(F)c2)n1. The monoisotopic (exact) mass is 248 g/mol. The van der Waals surface area contributed by atoms with Crippen molar-refractivity contribution in [2.24, 2.45) is 0 Å². The Morgan fingerprint density at radius 2 is 2.22 bits per heavy atom. The summed E-state index contributed by atoms with van der Waals surface area (Å²) in [4.78, 5) is 4.38. The lowest BCUT2D eigenvalue weighted by atomic mass is 10.2. The maximum absolute atomic E-state index is 12.9. The van der Waals surface area contributed by atoms with Gasteiger partial charge in [0.25, 0.3) is 0 Å². The summed E-state index contributed by atoms with van der Waals surface area (Å²) in [7, 11) is 0. The second-order valence-electron chi connectivity index (χ2n) is 4.48. The highest BCUT2D eigenvalue weighted by Crippen LogP contribution is 2.10. The van der Waals surface area contributed by atoms with Gasteiger partial charge in [0.2, 0.25) is 0 Å². The molecule has 5 heteroatoms. The summed E-state index contributed by atoms with van der Waals surface area (Å²) in [6.07, 6.45) is 0.732. The van der Waals surface area contributed by atoms with Crippen molar-refractivity contribution in [2.75, 3.05) is 11.9 Å². The third-order valence-corrected chi connectivity index (χ3v) is 2.58. The van der Waals surface area contributed by atoms with Crippen LogP contribution in [0.15, 0.2) is 24.3 Å². The van der Waals surface area contributed by atoms with Crippen molar-refractivity contribution < 1.29 is 4.39 Å². The Morgan fingerprint density at radius 1 is 1.39 bits per heavy atom. The maximum atomic E-state index is 12.9. The number of H-pyrrole nitrogens is 1. The lowest BCUT2D eigenvalue weighted by molar-refractivity contribution is 0.628. The Morgan fingerprint density at radius 3 is 2.89 bits per heavy atom. The summed E-state index contributed by atoms with van der Waals surface area (Å²) >= 11 is 0. The summed E-state index contributed by atoms with van der Waals surface area (Å²) in [6, 6.07) is 6.42. The van der Waals surface area contributed by atoms with Crippen molar-refractivity contribution in [3.63, 3.8) is 0 Å². The van der Waals surface area contributed by atoms with E-state index in [0.717, 1.165) is 23.8 Å². The van der Waals surface area contributed by atoms with Crippen LogP contribution in [0.3, 0.4) is 0 Å². The van der Waals surface area contributed by atoms with Gasteiger partial charge in [0.1, 0.15) is 11.6 Å². The van der Waals surface area contributed by atoms with Gasteiger partial charge in [-0.05, 0) is 18.2 Å². The smallest absolute Gasteiger partial charge is 0.153 e. The average Bonchev–Trinajstić information content (AvgIpc) is 2.78. The molecule has 1 aromatic heterocycles. The van der Waals surface area contributed by atoms with Crippen LogP contribution in [0.5, 0.6) is 0 Å². The fourth-order valence-electron chi connectivity index (χ4n) is 1.60. The molecule has 0 atom stereocenters. The molecule has 0 fully saturated rings. The van der Waals surface area contributed by atoms with Gasteiger partial charge in [0.05, 0.1) is 0 Å². The molecule has 4 nitrogen and oxygen atoms in total. The molecule has 2 rings (SSSR count). The van der Waals surface area contributed by atoms with E-state index in [0.29, 0.717) is 12.5 Å². The molecule has 0 aliphatic rings. The Hall–Kier alpha value is -1.91. The van der Waals surface area contributed by atoms with Crippen molar-refractivity contribution in [2.45, 2.75) is 26.2 Å². The topological polar surface area (TPSA) is 53.6 Å². The van der Waals surface area contributed by atoms with Crippen LogP contribution >= 0.6 is 0 Å². The zero-order chi connectivity index (χ0) is 13.0. The predicted octanol–water partition coefficient (Wildman–Crippen LogP) is 2.72. The van der Waals surface area contributed by atoms with Crippen LogP contribution in [0.2, 0.25) is 0 Å². The van der Waals surface area contributed by atoms with E-state index in [-0.39, 0.29) is 5.82 Å². The molecule has 2 aromatic rings. The lowest BCUT2D eigenvalue weighted by Gasteiger charge is -2.04. The fraction of sp³-hybridized carbons (Fsp3) is 0.385. The predicted molar refractivity (Wildman–Crippen MR) is 69.1 cm³/mol. The van der Waals surface area contributed by atoms with Crippen LogP contribution < -0.4 is 5.32 Å². The minimum absolute atomic E-state index is 0.234. The van der Waals surface area contributed by atoms with E-state index in [1.165, 1.54) is 12.1 Å². The van der Waals surface area contributed by atoms with Gasteiger partial charge in [-0.3, -0.25) is 5.10 Å². The third kappa shape index (κ3) is 3.29. The molecule has 96 valence electrons. The van der Waals surface area contributed by atoms with Gasteiger partial charge in [0, 0.05) is 24.6 Å². The maximum Gasteiger partial charge on any atom is 0.153 e. The highest BCUT2D eigenvalue weighted by molar-refractivity contribution is 5.42. The van der Waals surface area contributed by atoms with Gasteiger partial charge in [-0.1, -0.05) is 19.9 Å².